The highest BCUT2D eigenvalue weighted by atomic mass is 35.5. The summed E-state index contributed by atoms with van der Waals surface area (Å²) in [6, 6.07) is 36.6. The smallest absolute Gasteiger partial charge is 0.239 e. The van der Waals surface area contributed by atoms with Crippen LogP contribution in [0, 0.1) is 11.8 Å². The number of Topliss-reactive ketones (excluding diaryl/α,β-unsaturated/α-hetero) is 1. The number of ether oxygens (including phenoxy) is 4. The fraction of sp³-hybridized carbons (Fsp3) is 0.146. The molecule has 3 heterocycles. The maximum atomic E-state index is 16.1. The van der Waals surface area contributed by atoms with Crippen molar-refractivity contribution in [2.24, 2.45) is 11.8 Å². The summed E-state index contributed by atoms with van der Waals surface area (Å²) < 4.78 is 23.1. The van der Waals surface area contributed by atoms with Gasteiger partial charge in [0.1, 0.15) is 0 Å². The molecule has 4 atom stereocenters. The lowest BCUT2D eigenvalue weighted by molar-refractivity contribution is -0.130. The van der Waals surface area contributed by atoms with E-state index in [1.54, 1.807) is 24.3 Å². The van der Waals surface area contributed by atoms with Crippen molar-refractivity contribution in [3.05, 3.63) is 149 Å². The van der Waals surface area contributed by atoms with Crippen LogP contribution in [0.4, 0.5) is 5.69 Å². The molecule has 244 valence electrons. The Labute approximate surface area is 291 Å². The number of carbonyl (C=O) groups excluding carboxylic acids is 3. The van der Waals surface area contributed by atoms with Crippen molar-refractivity contribution in [3.8, 4) is 23.0 Å². The molecule has 10 rings (SSSR count). The summed E-state index contributed by atoms with van der Waals surface area (Å²) in [5.74, 6) is -1.03. The summed E-state index contributed by atoms with van der Waals surface area (Å²) in [4.78, 5) is 47.7. The Morgan fingerprint density at radius 1 is 0.540 bits per heavy atom. The fourth-order valence-electron chi connectivity index (χ4n) is 9.07. The van der Waals surface area contributed by atoms with E-state index < -0.39 is 34.5 Å². The lowest BCUT2D eigenvalue weighted by Gasteiger charge is -2.39. The van der Waals surface area contributed by atoms with Crippen LogP contribution >= 0.6 is 11.6 Å². The van der Waals surface area contributed by atoms with Gasteiger partial charge in [-0.25, -0.2) is 4.90 Å². The number of rotatable bonds is 5. The summed E-state index contributed by atoms with van der Waals surface area (Å²) in [6.07, 6.45) is 0. The van der Waals surface area contributed by atoms with Crippen molar-refractivity contribution < 1.29 is 33.3 Å². The van der Waals surface area contributed by atoms with Gasteiger partial charge >= 0.3 is 0 Å². The van der Waals surface area contributed by atoms with Crippen LogP contribution in [-0.2, 0) is 25.2 Å². The topological polar surface area (TPSA) is 91.4 Å². The van der Waals surface area contributed by atoms with Gasteiger partial charge in [0, 0.05) is 5.02 Å². The highest BCUT2D eigenvalue weighted by Gasteiger charge is 2.82. The first kappa shape index (κ1) is 29.1. The van der Waals surface area contributed by atoms with Crippen LogP contribution in [0.25, 0.3) is 11.1 Å². The first-order valence-electron chi connectivity index (χ1n) is 16.3. The molecule has 5 aromatic carbocycles. The normalized spacial score (nSPS) is 25.5. The van der Waals surface area contributed by atoms with Gasteiger partial charge in [-0.3, -0.25) is 14.4 Å². The van der Waals surface area contributed by atoms with Gasteiger partial charge in [0.15, 0.2) is 28.8 Å². The number of amides is 2. The number of halogens is 1. The lowest BCUT2D eigenvalue weighted by Crippen LogP contribution is -2.45. The molecule has 9 heteroatoms. The highest BCUT2D eigenvalue weighted by Crippen LogP contribution is 2.74. The Bertz CT molecular complexity index is 2180. The second kappa shape index (κ2) is 10.3. The van der Waals surface area contributed by atoms with Crippen molar-refractivity contribution in [3.63, 3.8) is 0 Å². The molecule has 0 aromatic heterocycles. The molecule has 3 aliphatic heterocycles. The zero-order valence-corrected chi connectivity index (χ0v) is 27.1. The number of imide groups is 1. The van der Waals surface area contributed by atoms with Gasteiger partial charge in [-0.1, -0.05) is 84.4 Å². The summed E-state index contributed by atoms with van der Waals surface area (Å²) in [5.41, 5.74) is 1.13. The molecule has 1 saturated carbocycles. The largest absolute Gasteiger partial charge is 0.454 e. The van der Waals surface area contributed by atoms with Crippen molar-refractivity contribution in [2.45, 2.75) is 10.8 Å². The number of allylic oxidation sites excluding steroid dienone is 2. The quantitative estimate of drug-likeness (QED) is 0.185. The molecule has 5 aliphatic rings. The molecular formula is C41H26ClNO7. The molecular weight excluding hydrogens is 654 g/mol. The van der Waals surface area contributed by atoms with E-state index in [0.717, 1.165) is 0 Å². The van der Waals surface area contributed by atoms with E-state index in [4.69, 9.17) is 30.5 Å². The number of fused-ring (bicyclic) bond motifs is 7. The molecule has 8 nitrogen and oxygen atoms in total. The van der Waals surface area contributed by atoms with Crippen LogP contribution < -0.4 is 23.8 Å². The number of ketones is 1. The summed E-state index contributed by atoms with van der Waals surface area (Å²) in [7, 11) is 0. The van der Waals surface area contributed by atoms with E-state index in [1.807, 2.05) is 97.1 Å². The number of carbonyl (C=O) groups is 3. The molecule has 0 spiro atoms. The molecule has 0 radical (unpaired) electrons. The van der Waals surface area contributed by atoms with Gasteiger partial charge in [-0.05, 0) is 81.9 Å². The molecule has 2 bridgehead atoms. The number of anilines is 1. The Morgan fingerprint density at radius 2 is 0.980 bits per heavy atom. The average Bonchev–Trinajstić information content (AvgIpc) is 3.96. The SMILES string of the molecule is O=C1[C@@H]2[C@H](C(=O)N1c1ccc(Cl)cc1)[C@]1(c3ccccc3)C(=O)[C@@]2(c2ccccc2)C(c2ccc3c(c2)OCO3)=C1c1ccc2c(c1)OCO2. The van der Waals surface area contributed by atoms with Crippen molar-refractivity contribution in [1.29, 1.82) is 0 Å². The average molecular weight is 680 g/mol. The Kier molecular flexibility index (Phi) is 6.01. The Balaban J connectivity index is 1.37. The molecule has 2 amide bonds. The van der Waals surface area contributed by atoms with E-state index in [0.29, 0.717) is 67.1 Å². The number of hydrogen-bond donors (Lipinski definition) is 0. The second-order valence-electron chi connectivity index (χ2n) is 13.0. The monoisotopic (exact) mass is 679 g/mol. The van der Waals surface area contributed by atoms with Crippen LogP contribution in [0.5, 0.6) is 23.0 Å². The van der Waals surface area contributed by atoms with Gasteiger partial charge in [-0.15, -0.1) is 0 Å². The standard InChI is InChI=1S/C41H26ClNO7/c42-27-13-15-28(16-14-27)43-37(44)35-36(38(43)45)41(26-9-5-2-6-10-26)34(24-12-18-30-32(20-24)50-22-48-30)33(23-11-17-29-31(19-23)49-21-47-29)40(35,39(41)46)25-7-3-1-4-8-25/h1-20,35-36H,21-22H2/t35-,36+,40-,41+. The van der Waals surface area contributed by atoms with Crippen molar-refractivity contribution in [1.82, 2.24) is 0 Å². The first-order chi connectivity index (χ1) is 24.5. The second-order valence-corrected chi connectivity index (χ2v) is 13.4. The van der Waals surface area contributed by atoms with E-state index in [1.165, 1.54) is 4.90 Å². The number of benzene rings is 5. The fourth-order valence-corrected chi connectivity index (χ4v) is 9.20. The molecule has 5 aromatic rings. The van der Waals surface area contributed by atoms with Crippen LogP contribution in [0.2, 0.25) is 5.02 Å². The summed E-state index contributed by atoms with van der Waals surface area (Å²) >= 11 is 6.24. The molecule has 2 aliphatic carbocycles. The first-order valence-corrected chi connectivity index (χ1v) is 16.7. The van der Waals surface area contributed by atoms with E-state index in [2.05, 4.69) is 0 Å². The highest BCUT2D eigenvalue weighted by molar-refractivity contribution is 6.39. The molecule has 0 unspecified atom stereocenters. The molecule has 2 fully saturated rings. The van der Waals surface area contributed by atoms with Crippen LogP contribution in [0.15, 0.2) is 121 Å². The van der Waals surface area contributed by atoms with Crippen LogP contribution in [-0.4, -0.2) is 31.2 Å². The van der Waals surface area contributed by atoms with E-state index in [-0.39, 0.29) is 19.4 Å². The van der Waals surface area contributed by atoms with Crippen molar-refractivity contribution >= 4 is 46.0 Å². The van der Waals surface area contributed by atoms with Crippen LogP contribution in [0.1, 0.15) is 22.3 Å². The van der Waals surface area contributed by atoms with Gasteiger partial charge < -0.3 is 18.9 Å². The maximum absolute atomic E-state index is 16.1. The van der Waals surface area contributed by atoms with Gasteiger partial charge in [-0.2, -0.15) is 0 Å². The number of nitrogens with zero attached hydrogens (tertiary/aromatic N) is 1. The molecule has 50 heavy (non-hydrogen) atoms. The predicted octanol–water partition coefficient (Wildman–Crippen LogP) is 6.99. The zero-order chi connectivity index (χ0) is 33.8. The van der Waals surface area contributed by atoms with Gasteiger partial charge in [0.25, 0.3) is 0 Å². The molecule has 1 saturated heterocycles. The third-order valence-electron chi connectivity index (χ3n) is 10.9. The van der Waals surface area contributed by atoms with E-state index >= 15 is 14.4 Å². The third-order valence-corrected chi connectivity index (χ3v) is 11.1. The van der Waals surface area contributed by atoms with E-state index in [9.17, 15) is 0 Å². The van der Waals surface area contributed by atoms with Gasteiger partial charge in [0.2, 0.25) is 25.4 Å². The van der Waals surface area contributed by atoms with Crippen LogP contribution in [0.3, 0.4) is 0 Å². The minimum absolute atomic E-state index is 0.0668. The number of hydrogen-bond acceptors (Lipinski definition) is 7. The zero-order valence-electron chi connectivity index (χ0n) is 26.3. The Hall–Kier alpha value is -5.86. The summed E-state index contributed by atoms with van der Waals surface area (Å²) in [5, 5.41) is 0.474. The third kappa shape index (κ3) is 3.53. The Morgan fingerprint density at radius 3 is 1.44 bits per heavy atom. The minimum Gasteiger partial charge on any atom is -0.454 e. The van der Waals surface area contributed by atoms with Gasteiger partial charge in [0.05, 0.1) is 28.4 Å². The maximum Gasteiger partial charge on any atom is 0.239 e. The minimum atomic E-state index is -1.57. The summed E-state index contributed by atoms with van der Waals surface area (Å²) in [6.45, 7) is 0.134. The van der Waals surface area contributed by atoms with Crippen molar-refractivity contribution in [2.75, 3.05) is 18.5 Å². The lowest BCUT2D eigenvalue weighted by atomic mass is 9.59. The molecule has 0 N–H and O–H groups in total. The predicted molar refractivity (Wildman–Crippen MR) is 184 cm³/mol.